The van der Waals surface area contributed by atoms with Crippen LogP contribution in [-0.4, -0.2) is 88.2 Å². The number of carbonyl (C=O) groups is 1. The Morgan fingerprint density at radius 1 is 1.29 bits per heavy atom. The van der Waals surface area contributed by atoms with Crippen LogP contribution in [0.3, 0.4) is 0 Å². The number of hydrogen-bond donors (Lipinski definition) is 1. The van der Waals surface area contributed by atoms with Gasteiger partial charge in [-0.15, -0.1) is 11.3 Å². The maximum absolute atomic E-state index is 12.1. The summed E-state index contributed by atoms with van der Waals surface area (Å²) in [6, 6.07) is 4.69. The van der Waals surface area contributed by atoms with Crippen molar-refractivity contribution in [1.29, 1.82) is 5.26 Å². The molecule has 2 fully saturated rings. The van der Waals surface area contributed by atoms with E-state index in [9.17, 15) is 10.1 Å². The molecule has 2 atom stereocenters. The maximum atomic E-state index is 12.1. The third kappa shape index (κ3) is 5.09. The van der Waals surface area contributed by atoms with Gasteiger partial charge in [0.2, 0.25) is 17.6 Å². The van der Waals surface area contributed by atoms with Crippen LogP contribution in [0.1, 0.15) is 54.5 Å². The number of ether oxygens (including phenoxy) is 1. The molecule has 0 aromatic carbocycles. The monoisotopic (exact) mass is 589 g/mol. The average molecular weight is 590 g/mol. The molecule has 3 aromatic rings. The molecule has 220 valence electrons. The quantitative estimate of drug-likeness (QED) is 0.405. The number of nitrogens with zero attached hydrogens (tertiary/aromatic N) is 8. The number of aryl methyl sites for hydroxylation is 1. The third-order valence-corrected chi connectivity index (χ3v) is 9.82. The lowest BCUT2D eigenvalue weighted by Gasteiger charge is -2.35. The summed E-state index contributed by atoms with van der Waals surface area (Å²) in [5.74, 6) is 1.36. The van der Waals surface area contributed by atoms with Gasteiger partial charge in [-0.3, -0.25) is 4.79 Å². The molecule has 6 rings (SSSR count). The minimum absolute atomic E-state index is 0.0756. The second-order valence-electron chi connectivity index (χ2n) is 11.4. The van der Waals surface area contributed by atoms with Crippen molar-refractivity contribution < 1.29 is 14.1 Å². The van der Waals surface area contributed by atoms with Gasteiger partial charge in [-0.25, -0.2) is 0 Å². The Morgan fingerprint density at radius 3 is 2.81 bits per heavy atom. The summed E-state index contributed by atoms with van der Waals surface area (Å²) in [6.07, 6.45) is 6.11. The summed E-state index contributed by atoms with van der Waals surface area (Å²) in [5, 5.41) is 14.7. The number of nitrogen functional groups attached to an aromatic ring is 1. The number of nitriles is 1. The maximum Gasteiger partial charge on any atom is 0.319 e. The van der Waals surface area contributed by atoms with Crippen molar-refractivity contribution in [3.63, 3.8) is 0 Å². The number of thiophene rings is 1. The van der Waals surface area contributed by atoms with E-state index in [1.807, 2.05) is 13.0 Å². The van der Waals surface area contributed by atoms with Crippen LogP contribution < -0.4 is 15.4 Å². The number of piperazine rings is 1. The van der Waals surface area contributed by atoms with Crippen LogP contribution in [-0.2, 0) is 16.6 Å². The molecule has 2 saturated heterocycles. The lowest BCUT2D eigenvalue weighted by atomic mass is 9.72. The van der Waals surface area contributed by atoms with E-state index < -0.39 is 5.41 Å². The molecule has 42 heavy (non-hydrogen) atoms. The van der Waals surface area contributed by atoms with Crippen molar-refractivity contribution in [1.82, 2.24) is 29.9 Å². The van der Waals surface area contributed by atoms with E-state index in [1.54, 1.807) is 4.90 Å². The van der Waals surface area contributed by atoms with Crippen LogP contribution in [0.25, 0.3) is 11.5 Å². The summed E-state index contributed by atoms with van der Waals surface area (Å²) in [5.41, 5.74) is 7.47. The second-order valence-corrected chi connectivity index (χ2v) is 12.5. The summed E-state index contributed by atoms with van der Waals surface area (Å²) < 4.78 is 12.0. The van der Waals surface area contributed by atoms with Gasteiger partial charge < -0.3 is 29.7 Å². The number of likely N-dealkylation sites (N-methyl/N-ethyl adjacent to an activating group) is 1. The highest BCUT2D eigenvalue weighted by Gasteiger charge is 2.43. The van der Waals surface area contributed by atoms with Crippen LogP contribution in [0.15, 0.2) is 23.2 Å². The first-order valence-corrected chi connectivity index (χ1v) is 15.2. The van der Waals surface area contributed by atoms with E-state index >= 15 is 0 Å². The number of aromatic nitrogens is 4. The second kappa shape index (κ2) is 11.3. The molecule has 0 saturated carbocycles. The zero-order chi connectivity index (χ0) is 29.4. The zero-order valence-corrected chi connectivity index (χ0v) is 24.8. The number of amides is 1. The fourth-order valence-corrected chi connectivity index (χ4v) is 7.45. The van der Waals surface area contributed by atoms with Crippen molar-refractivity contribution in [3.05, 3.63) is 40.6 Å². The predicted octanol–water partition coefficient (Wildman–Crippen LogP) is 2.99. The summed E-state index contributed by atoms with van der Waals surface area (Å²) in [7, 11) is 2.10. The molecular weight excluding hydrogens is 554 g/mol. The molecule has 12 nitrogen and oxygen atoms in total. The van der Waals surface area contributed by atoms with Gasteiger partial charge in [0.05, 0.1) is 11.0 Å². The van der Waals surface area contributed by atoms with Gasteiger partial charge in [-0.05, 0) is 58.7 Å². The standard InChI is InChI=1S/C29H35N9O3S/c1-4-23(39)38-13-11-37(12-14-38)22-15-20(32-28(33-22)40-17-18-7-6-10-36(18)3)26-34-27(41-35-26)29(2)9-5-8-21-24(29)19(16-30)25(31)42-21/h4,15,18H,1,5-14,17,31H2,2-3H3/t18-,29-/m0/s1. The van der Waals surface area contributed by atoms with Crippen molar-refractivity contribution in [2.24, 2.45) is 0 Å². The number of nitrogens with two attached hydrogens (primary N) is 1. The molecular formula is C29H35N9O3S. The number of likely N-dealkylation sites (tertiary alicyclic amines) is 1. The summed E-state index contributed by atoms with van der Waals surface area (Å²) in [4.78, 5) is 33.6. The Labute approximate surface area is 248 Å². The summed E-state index contributed by atoms with van der Waals surface area (Å²) >= 11 is 1.47. The Morgan fingerprint density at radius 2 is 2.10 bits per heavy atom. The molecule has 0 bridgehead atoms. The molecule has 1 aliphatic carbocycles. The van der Waals surface area contributed by atoms with Crippen LogP contribution in [0, 0.1) is 11.3 Å². The van der Waals surface area contributed by atoms with Gasteiger partial charge in [0.15, 0.2) is 0 Å². The fourth-order valence-electron chi connectivity index (χ4n) is 6.26. The minimum Gasteiger partial charge on any atom is -0.462 e. The van der Waals surface area contributed by atoms with Gasteiger partial charge in [0, 0.05) is 48.7 Å². The van der Waals surface area contributed by atoms with Gasteiger partial charge >= 0.3 is 6.01 Å². The van der Waals surface area contributed by atoms with Crippen LogP contribution >= 0.6 is 11.3 Å². The highest BCUT2D eigenvalue weighted by Crippen LogP contribution is 2.48. The predicted molar refractivity (Wildman–Crippen MR) is 158 cm³/mol. The molecule has 0 radical (unpaired) electrons. The van der Waals surface area contributed by atoms with E-state index in [4.69, 9.17) is 29.9 Å². The van der Waals surface area contributed by atoms with E-state index in [-0.39, 0.29) is 11.9 Å². The van der Waals surface area contributed by atoms with Crippen LogP contribution in [0.5, 0.6) is 6.01 Å². The molecule has 0 spiro atoms. The van der Waals surface area contributed by atoms with Gasteiger partial charge in [0.1, 0.15) is 29.2 Å². The van der Waals surface area contributed by atoms with Crippen molar-refractivity contribution in [2.45, 2.75) is 50.5 Å². The van der Waals surface area contributed by atoms with Gasteiger partial charge in [-0.2, -0.15) is 20.2 Å². The molecule has 3 aliphatic rings. The van der Waals surface area contributed by atoms with Gasteiger partial charge in [0.25, 0.3) is 0 Å². The fraction of sp³-hybridized carbons (Fsp3) is 0.517. The Hall–Kier alpha value is -4.02. The zero-order valence-electron chi connectivity index (χ0n) is 24.0. The highest BCUT2D eigenvalue weighted by molar-refractivity contribution is 7.16. The number of fused-ring (bicyclic) bond motifs is 1. The molecule has 1 amide bonds. The normalized spacial score (nSPS) is 22.5. The molecule has 3 aromatic heterocycles. The number of rotatable bonds is 7. The molecule has 0 unspecified atom stereocenters. The number of anilines is 2. The first kappa shape index (κ1) is 28.1. The Bertz CT molecular complexity index is 1540. The Kier molecular flexibility index (Phi) is 7.59. The lowest BCUT2D eigenvalue weighted by molar-refractivity contribution is -0.126. The lowest BCUT2D eigenvalue weighted by Crippen LogP contribution is -2.48. The van der Waals surface area contributed by atoms with Gasteiger partial charge in [-0.1, -0.05) is 11.7 Å². The van der Waals surface area contributed by atoms with Crippen molar-refractivity contribution >= 4 is 28.1 Å². The average Bonchev–Trinajstić information content (AvgIpc) is 3.74. The first-order valence-electron chi connectivity index (χ1n) is 14.4. The smallest absolute Gasteiger partial charge is 0.319 e. The van der Waals surface area contributed by atoms with Crippen LogP contribution in [0.2, 0.25) is 0 Å². The SMILES string of the molecule is C=CC(=O)N1CCN(c2cc(-c3noc([C@@]4(C)CCCc5sc(N)c(C#N)c54)n3)nc(OC[C@@H]3CCCN3C)n2)CC1. The molecule has 2 N–H and O–H groups in total. The largest absolute Gasteiger partial charge is 0.462 e. The topological polar surface area (TPSA) is 151 Å². The van der Waals surface area contributed by atoms with Crippen LogP contribution in [0.4, 0.5) is 10.8 Å². The first-order chi connectivity index (χ1) is 20.3. The van der Waals surface area contributed by atoms with E-state index in [2.05, 4.69) is 34.7 Å². The van der Waals surface area contributed by atoms with E-state index in [0.717, 1.165) is 49.1 Å². The number of carbonyl (C=O) groups excluding carboxylic acids is 1. The Balaban J connectivity index is 1.32. The molecule has 5 heterocycles. The minimum atomic E-state index is -0.631. The van der Waals surface area contributed by atoms with E-state index in [1.165, 1.54) is 17.4 Å². The highest BCUT2D eigenvalue weighted by atomic mass is 32.1. The summed E-state index contributed by atoms with van der Waals surface area (Å²) in [6.45, 7) is 9.50. The third-order valence-electron chi connectivity index (χ3n) is 8.74. The molecule has 13 heteroatoms. The molecule has 2 aliphatic heterocycles. The van der Waals surface area contributed by atoms with Crippen molar-refractivity contribution in [2.75, 3.05) is 57.0 Å². The number of hydrogen-bond acceptors (Lipinski definition) is 12. The van der Waals surface area contributed by atoms with E-state index in [0.29, 0.717) is 72.6 Å². The van der Waals surface area contributed by atoms with Crippen molar-refractivity contribution in [3.8, 4) is 23.6 Å².